The van der Waals surface area contributed by atoms with E-state index in [1.807, 2.05) is 0 Å². The molecule has 1 aliphatic rings. The largest absolute Gasteiger partial charge is 0.481 e. The van der Waals surface area contributed by atoms with Crippen molar-refractivity contribution in [2.75, 3.05) is 14.2 Å². The van der Waals surface area contributed by atoms with E-state index in [1.54, 1.807) is 6.20 Å². The van der Waals surface area contributed by atoms with Crippen LogP contribution in [-0.4, -0.2) is 40.2 Å². The van der Waals surface area contributed by atoms with E-state index in [9.17, 15) is 9.90 Å². The molecule has 0 aliphatic heterocycles. The van der Waals surface area contributed by atoms with Gasteiger partial charge in [-0.05, 0) is 12.8 Å². The minimum Gasteiger partial charge on any atom is -0.481 e. The maximum Gasteiger partial charge on any atom is 0.320 e. The Hall–Kier alpha value is -2.31. The summed E-state index contributed by atoms with van der Waals surface area (Å²) < 4.78 is 10.2. The fourth-order valence-corrected chi connectivity index (χ4v) is 2.29. The van der Waals surface area contributed by atoms with Crippen LogP contribution in [0.25, 0.3) is 11.0 Å². The number of ether oxygens (including phenoxy) is 2. The lowest BCUT2D eigenvalue weighted by molar-refractivity contribution is -0.140. The maximum atomic E-state index is 11.4. The molecule has 1 aliphatic carbocycles. The quantitative estimate of drug-likeness (QED) is 0.857. The van der Waals surface area contributed by atoms with Crippen LogP contribution in [0.5, 0.6) is 11.9 Å². The van der Waals surface area contributed by atoms with Crippen LogP contribution < -0.4 is 9.47 Å². The Labute approximate surface area is 108 Å². The second kappa shape index (κ2) is 3.84. The van der Waals surface area contributed by atoms with E-state index in [4.69, 9.17) is 9.47 Å². The number of aliphatic carboxylic acids is 1. The molecule has 0 saturated heterocycles. The van der Waals surface area contributed by atoms with Gasteiger partial charge >= 0.3 is 12.0 Å². The average molecular weight is 263 g/mol. The standard InChI is InChI=1S/C12H13N3O4/c1-18-9-8-7(14-11(15-9)19-2)6(5-13-8)12(3-4-12)10(16)17/h5,13H,3-4H2,1-2H3,(H,16,17). The molecular weight excluding hydrogens is 250 g/mol. The molecule has 7 nitrogen and oxygen atoms in total. The summed E-state index contributed by atoms with van der Waals surface area (Å²) in [6.45, 7) is 0. The van der Waals surface area contributed by atoms with Crippen molar-refractivity contribution in [3.63, 3.8) is 0 Å². The van der Waals surface area contributed by atoms with Gasteiger partial charge in [0.15, 0.2) is 0 Å². The number of aromatic nitrogens is 3. The van der Waals surface area contributed by atoms with E-state index in [0.29, 0.717) is 35.3 Å². The second-order valence-corrected chi connectivity index (χ2v) is 4.53. The van der Waals surface area contributed by atoms with Gasteiger partial charge in [-0.15, -0.1) is 0 Å². The highest BCUT2D eigenvalue weighted by Crippen LogP contribution is 2.50. The molecule has 100 valence electrons. The lowest BCUT2D eigenvalue weighted by Gasteiger charge is -2.08. The molecule has 2 aromatic heterocycles. The first-order chi connectivity index (χ1) is 9.12. The number of rotatable bonds is 4. The molecule has 0 bridgehead atoms. The van der Waals surface area contributed by atoms with Crippen LogP contribution in [0.15, 0.2) is 6.20 Å². The van der Waals surface area contributed by atoms with E-state index in [1.165, 1.54) is 14.2 Å². The second-order valence-electron chi connectivity index (χ2n) is 4.53. The molecule has 2 N–H and O–H groups in total. The zero-order valence-corrected chi connectivity index (χ0v) is 10.6. The summed E-state index contributed by atoms with van der Waals surface area (Å²) in [7, 11) is 2.95. The van der Waals surface area contributed by atoms with Crippen LogP contribution in [0.2, 0.25) is 0 Å². The number of fused-ring (bicyclic) bond motifs is 1. The van der Waals surface area contributed by atoms with Crippen molar-refractivity contribution < 1.29 is 19.4 Å². The Balaban J connectivity index is 2.25. The molecule has 0 atom stereocenters. The molecule has 2 aromatic rings. The first-order valence-electron chi connectivity index (χ1n) is 5.83. The smallest absolute Gasteiger partial charge is 0.320 e. The zero-order chi connectivity index (χ0) is 13.6. The molecule has 0 aromatic carbocycles. The number of carbonyl (C=O) groups is 1. The summed E-state index contributed by atoms with van der Waals surface area (Å²) >= 11 is 0. The molecule has 1 saturated carbocycles. The van der Waals surface area contributed by atoms with E-state index in [2.05, 4.69) is 15.0 Å². The van der Waals surface area contributed by atoms with Gasteiger partial charge in [0.1, 0.15) is 11.0 Å². The number of carboxylic acid groups (broad SMARTS) is 1. The minimum absolute atomic E-state index is 0.159. The molecular formula is C12H13N3O4. The number of nitrogens with one attached hydrogen (secondary N) is 1. The van der Waals surface area contributed by atoms with E-state index in [0.717, 1.165) is 0 Å². The Morgan fingerprint density at radius 2 is 2.11 bits per heavy atom. The highest BCUT2D eigenvalue weighted by molar-refractivity contribution is 5.93. The molecule has 0 radical (unpaired) electrons. The highest BCUT2D eigenvalue weighted by Gasteiger charge is 2.53. The number of methoxy groups -OCH3 is 2. The fraction of sp³-hybridized carbons (Fsp3) is 0.417. The summed E-state index contributed by atoms with van der Waals surface area (Å²) in [6, 6.07) is 0.159. The molecule has 3 rings (SSSR count). The predicted octanol–water partition coefficient (Wildman–Crippen LogP) is 1.09. The third-order valence-corrected chi connectivity index (χ3v) is 3.52. The normalized spacial score (nSPS) is 16.3. The van der Waals surface area contributed by atoms with Crippen molar-refractivity contribution in [2.45, 2.75) is 18.3 Å². The Morgan fingerprint density at radius 3 is 2.63 bits per heavy atom. The number of hydrogen-bond donors (Lipinski definition) is 2. The van der Waals surface area contributed by atoms with Crippen molar-refractivity contribution in [3.05, 3.63) is 11.8 Å². The van der Waals surface area contributed by atoms with Crippen LogP contribution in [0, 0.1) is 0 Å². The first kappa shape index (κ1) is 11.8. The van der Waals surface area contributed by atoms with Gasteiger partial charge in [-0.3, -0.25) is 4.79 Å². The number of nitrogens with zero attached hydrogens (tertiary/aromatic N) is 2. The van der Waals surface area contributed by atoms with Crippen molar-refractivity contribution in [1.82, 2.24) is 15.0 Å². The lowest BCUT2D eigenvalue weighted by Crippen LogP contribution is -2.19. The lowest BCUT2D eigenvalue weighted by atomic mass is 9.98. The van der Waals surface area contributed by atoms with Gasteiger partial charge in [0.05, 0.1) is 19.6 Å². The average Bonchev–Trinajstić information content (AvgIpc) is 3.12. The molecule has 1 fully saturated rings. The molecule has 0 unspecified atom stereocenters. The van der Waals surface area contributed by atoms with Gasteiger partial charge in [0.2, 0.25) is 5.88 Å². The number of carboxylic acids is 1. The highest BCUT2D eigenvalue weighted by atomic mass is 16.5. The number of hydrogen-bond acceptors (Lipinski definition) is 5. The van der Waals surface area contributed by atoms with Gasteiger partial charge in [0, 0.05) is 11.8 Å². The Bertz CT molecular complexity index is 660. The van der Waals surface area contributed by atoms with Crippen molar-refractivity contribution in [3.8, 4) is 11.9 Å². The van der Waals surface area contributed by atoms with Crippen molar-refractivity contribution in [1.29, 1.82) is 0 Å². The third kappa shape index (κ3) is 1.54. The summed E-state index contributed by atoms with van der Waals surface area (Å²) in [4.78, 5) is 22.7. The third-order valence-electron chi connectivity index (χ3n) is 3.52. The summed E-state index contributed by atoms with van der Waals surface area (Å²) in [5.74, 6) is -0.487. The minimum atomic E-state index is -0.831. The van der Waals surface area contributed by atoms with Gasteiger partial charge in [-0.1, -0.05) is 0 Å². The van der Waals surface area contributed by atoms with E-state index < -0.39 is 11.4 Å². The molecule has 19 heavy (non-hydrogen) atoms. The monoisotopic (exact) mass is 263 g/mol. The molecule has 7 heteroatoms. The number of aromatic amines is 1. The topological polar surface area (TPSA) is 97.3 Å². The van der Waals surface area contributed by atoms with Gasteiger partial charge < -0.3 is 19.6 Å². The molecule has 0 amide bonds. The van der Waals surface area contributed by atoms with E-state index >= 15 is 0 Å². The SMILES string of the molecule is COc1nc(OC)c2[nH]cc(C3(C(=O)O)CC3)c2n1. The molecule has 2 heterocycles. The summed E-state index contributed by atoms with van der Waals surface area (Å²) in [6.07, 6.45) is 2.90. The van der Waals surface area contributed by atoms with Crippen molar-refractivity contribution in [2.24, 2.45) is 0 Å². The van der Waals surface area contributed by atoms with Crippen LogP contribution in [0.4, 0.5) is 0 Å². The summed E-state index contributed by atoms with van der Waals surface area (Å²) in [5, 5.41) is 9.37. The first-order valence-corrected chi connectivity index (χ1v) is 5.83. The number of H-pyrrole nitrogens is 1. The summed E-state index contributed by atoms with van der Waals surface area (Å²) in [5.41, 5.74) is 0.964. The van der Waals surface area contributed by atoms with Crippen LogP contribution >= 0.6 is 0 Å². The fourth-order valence-electron chi connectivity index (χ4n) is 2.29. The predicted molar refractivity (Wildman–Crippen MR) is 65.5 cm³/mol. The van der Waals surface area contributed by atoms with Crippen LogP contribution in [-0.2, 0) is 10.2 Å². The maximum absolute atomic E-state index is 11.4. The van der Waals surface area contributed by atoms with Crippen LogP contribution in [0.1, 0.15) is 18.4 Å². The van der Waals surface area contributed by atoms with Crippen LogP contribution in [0.3, 0.4) is 0 Å². The van der Waals surface area contributed by atoms with Gasteiger partial charge in [-0.25, -0.2) is 0 Å². The van der Waals surface area contributed by atoms with Crippen molar-refractivity contribution >= 4 is 17.0 Å². The Kier molecular flexibility index (Phi) is 2.38. The molecule has 0 spiro atoms. The van der Waals surface area contributed by atoms with Gasteiger partial charge in [-0.2, -0.15) is 9.97 Å². The van der Waals surface area contributed by atoms with E-state index in [-0.39, 0.29) is 6.01 Å². The Morgan fingerprint density at radius 1 is 1.37 bits per heavy atom. The van der Waals surface area contributed by atoms with Gasteiger partial charge in [0.25, 0.3) is 0 Å². The zero-order valence-electron chi connectivity index (χ0n) is 10.6.